The maximum absolute atomic E-state index is 10.9. The molecule has 1 heterocycles. The number of aromatic nitrogens is 1. The van der Waals surface area contributed by atoms with Crippen molar-refractivity contribution in [2.75, 3.05) is 32.5 Å². The van der Waals surface area contributed by atoms with Gasteiger partial charge in [-0.25, -0.2) is 9.78 Å². The number of hydrogen-bond donors (Lipinski definition) is 2. The second kappa shape index (κ2) is 6.96. The van der Waals surface area contributed by atoms with Crippen LogP contribution in [0.25, 0.3) is 0 Å². The third-order valence-electron chi connectivity index (χ3n) is 2.54. The highest BCUT2D eigenvalue weighted by molar-refractivity contribution is 5.88. The highest BCUT2D eigenvalue weighted by atomic mass is 16.4. The van der Waals surface area contributed by atoms with Crippen LogP contribution in [0, 0.1) is 6.92 Å². The quantitative estimate of drug-likeness (QED) is 0.724. The molecule has 0 amide bonds. The van der Waals surface area contributed by atoms with Gasteiger partial charge in [0.1, 0.15) is 5.82 Å². The number of nitrogens with one attached hydrogen (secondary N) is 1. The summed E-state index contributed by atoms with van der Waals surface area (Å²) in [6, 6.07) is 3.14. The monoisotopic (exact) mass is 251 g/mol. The number of nitrogens with zero attached hydrogens (tertiary/aromatic N) is 2. The molecule has 0 saturated carbocycles. The molecular formula is C13H21N3O2. The normalized spacial score (nSPS) is 10.7. The van der Waals surface area contributed by atoms with Gasteiger partial charge >= 0.3 is 5.97 Å². The van der Waals surface area contributed by atoms with E-state index in [1.54, 1.807) is 19.1 Å². The van der Waals surface area contributed by atoms with Crippen LogP contribution in [0.5, 0.6) is 0 Å². The number of aromatic carboxylic acids is 1. The molecule has 1 rings (SSSR count). The molecule has 5 nitrogen and oxygen atoms in total. The van der Waals surface area contributed by atoms with Crippen LogP contribution in [0.4, 0.5) is 5.82 Å². The molecule has 0 bridgehead atoms. The van der Waals surface area contributed by atoms with E-state index in [9.17, 15) is 4.79 Å². The van der Waals surface area contributed by atoms with Crippen molar-refractivity contribution in [3.8, 4) is 0 Å². The lowest BCUT2D eigenvalue weighted by atomic mass is 10.2. The first-order valence-corrected chi connectivity index (χ1v) is 6.09. The maximum atomic E-state index is 10.9. The summed E-state index contributed by atoms with van der Waals surface area (Å²) in [6.07, 6.45) is 2.15. The van der Waals surface area contributed by atoms with Crippen molar-refractivity contribution in [3.05, 3.63) is 23.4 Å². The number of hydrogen-bond acceptors (Lipinski definition) is 4. The van der Waals surface area contributed by atoms with E-state index < -0.39 is 5.97 Å². The summed E-state index contributed by atoms with van der Waals surface area (Å²) in [6.45, 7) is 3.66. The summed E-state index contributed by atoms with van der Waals surface area (Å²) in [5.41, 5.74) is 0.990. The van der Waals surface area contributed by atoms with Crippen molar-refractivity contribution in [1.82, 2.24) is 9.88 Å². The Morgan fingerprint density at radius 2 is 2.11 bits per heavy atom. The van der Waals surface area contributed by atoms with Crippen molar-refractivity contribution in [3.63, 3.8) is 0 Å². The van der Waals surface area contributed by atoms with Crippen molar-refractivity contribution in [2.24, 2.45) is 0 Å². The third kappa shape index (κ3) is 5.14. The lowest BCUT2D eigenvalue weighted by Crippen LogP contribution is -2.14. The predicted octanol–water partition coefficient (Wildman–Crippen LogP) is 1.84. The molecule has 0 aliphatic rings. The van der Waals surface area contributed by atoms with E-state index in [0.29, 0.717) is 11.5 Å². The molecular weight excluding hydrogens is 230 g/mol. The Hall–Kier alpha value is -1.62. The Bertz CT molecular complexity index is 405. The summed E-state index contributed by atoms with van der Waals surface area (Å²) in [5, 5.41) is 12.1. The molecule has 18 heavy (non-hydrogen) atoms. The first-order valence-electron chi connectivity index (χ1n) is 6.09. The van der Waals surface area contributed by atoms with Crippen LogP contribution in [0.1, 0.15) is 28.9 Å². The van der Waals surface area contributed by atoms with Gasteiger partial charge in [-0.3, -0.25) is 0 Å². The maximum Gasteiger partial charge on any atom is 0.335 e. The minimum Gasteiger partial charge on any atom is -0.478 e. The summed E-state index contributed by atoms with van der Waals surface area (Å²) < 4.78 is 0. The smallest absolute Gasteiger partial charge is 0.335 e. The fourth-order valence-corrected chi connectivity index (χ4v) is 1.65. The van der Waals surface area contributed by atoms with Crippen LogP contribution in [-0.4, -0.2) is 48.1 Å². The lowest BCUT2D eigenvalue weighted by Gasteiger charge is -2.10. The largest absolute Gasteiger partial charge is 0.478 e. The highest BCUT2D eigenvalue weighted by Gasteiger charge is 2.06. The predicted molar refractivity (Wildman–Crippen MR) is 72.2 cm³/mol. The van der Waals surface area contributed by atoms with Crippen LogP contribution in [0.2, 0.25) is 0 Å². The Labute approximate surface area is 108 Å². The van der Waals surface area contributed by atoms with E-state index in [-0.39, 0.29) is 5.56 Å². The van der Waals surface area contributed by atoms with Gasteiger partial charge in [-0.1, -0.05) is 0 Å². The van der Waals surface area contributed by atoms with Gasteiger partial charge < -0.3 is 15.3 Å². The molecule has 0 spiro atoms. The van der Waals surface area contributed by atoms with Gasteiger partial charge in [0.25, 0.3) is 0 Å². The summed E-state index contributed by atoms with van der Waals surface area (Å²) >= 11 is 0. The van der Waals surface area contributed by atoms with Crippen LogP contribution >= 0.6 is 0 Å². The lowest BCUT2D eigenvalue weighted by molar-refractivity contribution is 0.0696. The molecule has 5 heteroatoms. The number of anilines is 1. The molecule has 0 saturated heterocycles. The summed E-state index contributed by atoms with van der Waals surface area (Å²) in [4.78, 5) is 17.3. The van der Waals surface area contributed by atoms with Crippen LogP contribution < -0.4 is 5.32 Å². The van der Waals surface area contributed by atoms with Crippen LogP contribution in [0.3, 0.4) is 0 Å². The number of carboxylic acid groups (broad SMARTS) is 1. The number of rotatable bonds is 7. The molecule has 0 aliphatic carbocycles. The van der Waals surface area contributed by atoms with E-state index in [1.807, 2.05) is 0 Å². The molecule has 1 aromatic heterocycles. The molecule has 100 valence electrons. The fraction of sp³-hybridized carbons (Fsp3) is 0.538. The van der Waals surface area contributed by atoms with Crippen molar-refractivity contribution >= 4 is 11.8 Å². The number of unbranched alkanes of at least 4 members (excludes halogenated alkanes) is 1. The Kier molecular flexibility index (Phi) is 5.58. The molecule has 1 aromatic rings. The zero-order valence-corrected chi connectivity index (χ0v) is 11.2. The van der Waals surface area contributed by atoms with E-state index in [1.165, 1.54) is 0 Å². The van der Waals surface area contributed by atoms with Crippen molar-refractivity contribution in [2.45, 2.75) is 19.8 Å². The number of carbonyl (C=O) groups is 1. The molecule has 0 unspecified atom stereocenters. The third-order valence-corrected chi connectivity index (χ3v) is 2.54. The second-order valence-electron chi connectivity index (χ2n) is 4.62. The molecule has 0 aromatic carbocycles. The Morgan fingerprint density at radius 3 is 2.72 bits per heavy atom. The van der Waals surface area contributed by atoms with Gasteiger partial charge in [-0.15, -0.1) is 0 Å². The zero-order chi connectivity index (χ0) is 13.5. The van der Waals surface area contributed by atoms with Gasteiger partial charge in [0.15, 0.2) is 0 Å². The average molecular weight is 251 g/mol. The fourth-order valence-electron chi connectivity index (χ4n) is 1.65. The minimum absolute atomic E-state index is 0.276. The van der Waals surface area contributed by atoms with Gasteiger partial charge in [-0.05, 0) is 52.5 Å². The molecule has 0 fully saturated rings. The summed E-state index contributed by atoms with van der Waals surface area (Å²) in [7, 11) is 4.10. The van der Waals surface area contributed by atoms with E-state index in [0.717, 1.165) is 25.9 Å². The molecule has 0 atom stereocenters. The standard InChI is InChI=1S/C13H21N3O2/c1-10-8-11(13(17)18)9-12(15-10)14-6-4-5-7-16(2)3/h8-9H,4-7H2,1-3H3,(H,14,15)(H,17,18). The SMILES string of the molecule is Cc1cc(C(=O)O)cc(NCCCCN(C)C)n1. The van der Waals surface area contributed by atoms with Crippen molar-refractivity contribution < 1.29 is 9.90 Å². The van der Waals surface area contributed by atoms with E-state index >= 15 is 0 Å². The Morgan fingerprint density at radius 1 is 1.39 bits per heavy atom. The van der Waals surface area contributed by atoms with Gasteiger partial charge in [0.2, 0.25) is 0 Å². The number of pyridine rings is 1. The minimum atomic E-state index is -0.920. The number of carboxylic acids is 1. The van der Waals surface area contributed by atoms with Crippen molar-refractivity contribution in [1.29, 1.82) is 0 Å². The highest BCUT2D eigenvalue weighted by Crippen LogP contribution is 2.10. The van der Waals surface area contributed by atoms with E-state index in [2.05, 4.69) is 29.3 Å². The van der Waals surface area contributed by atoms with Gasteiger partial charge in [0.05, 0.1) is 5.56 Å². The average Bonchev–Trinajstić information content (AvgIpc) is 2.27. The van der Waals surface area contributed by atoms with Gasteiger partial charge in [0, 0.05) is 12.2 Å². The van der Waals surface area contributed by atoms with E-state index in [4.69, 9.17) is 5.11 Å². The zero-order valence-electron chi connectivity index (χ0n) is 11.2. The Balaban J connectivity index is 2.44. The van der Waals surface area contributed by atoms with Crippen LogP contribution in [-0.2, 0) is 0 Å². The first kappa shape index (κ1) is 14.4. The summed E-state index contributed by atoms with van der Waals surface area (Å²) in [5.74, 6) is -0.284. The second-order valence-corrected chi connectivity index (χ2v) is 4.62. The molecule has 0 radical (unpaired) electrons. The number of aryl methyl sites for hydroxylation is 1. The topological polar surface area (TPSA) is 65.5 Å². The molecule has 0 aliphatic heterocycles. The van der Waals surface area contributed by atoms with Crippen LogP contribution in [0.15, 0.2) is 12.1 Å². The van der Waals surface area contributed by atoms with Gasteiger partial charge in [-0.2, -0.15) is 0 Å². The first-order chi connectivity index (χ1) is 8.49. The molecule has 2 N–H and O–H groups in total.